The van der Waals surface area contributed by atoms with Crippen LogP contribution in [0.4, 0.5) is 5.82 Å². The molecule has 1 rings (SSSR count). The lowest BCUT2D eigenvalue weighted by Crippen LogP contribution is -2.03. The zero-order chi connectivity index (χ0) is 10.4. The number of aromatic nitrogens is 2. The van der Waals surface area contributed by atoms with Crippen molar-refractivity contribution in [2.45, 2.75) is 13.3 Å². The van der Waals surface area contributed by atoms with Crippen molar-refractivity contribution in [3.05, 3.63) is 11.9 Å². The lowest BCUT2D eigenvalue weighted by molar-refractivity contribution is 0.311. The predicted octanol–water partition coefficient (Wildman–Crippen LogP) is 1.23. The maximum atomic E-state index is 5.39. The molecule has 0 bridgehead atoms. The van der Waals surface area contributed by atoms with Crippen LogP contribution in [0.25, 0.3) is 0 Å². The van der Waals surface area contributed by atoms with E-state index in [9.17, 15) is 0 Å². The van der Waals surface area contributed by atoms with E-state index in [1.54, 1.807) is 7.05 Å². The molecule has 0 aliphatic rings. The first-order chi connectivity index (χ1) is 6.79. The van der Waals surface area contributed by atoms with Crippen LogP contribution in [0.5, 0.6) is 5.88 Å². The van der Waals surface area contributed by atoms with Crippen molar-refractivity contribution in [1.82, 2.24) is 9.97 Å². The molecule has 0 aliphatic carbocycles. The maximum Gasteiger partial charge on any atom is 0.221 e. The summed E-state index contributed by atoms with van der Waals surface area (Å²) in [5, 5.41) is 2.95. The topological polar surface area (TPSA) is 47.0 Å². The molecule has 0 radical (unpaired) electrons. The molecule has 74 valence electrons. The van der Waals surface area contributed by atoms with Gasteiger partial charge < -0.3 is 10.1 Å². The minimum Gasteiger partial charge on any atom is -0.476 e. The average Bonchev–Trinajstić information content (AvgIpc) is 2.21. The normalized spacial score (nSPS) is 9.21. The summed E-state index contributed by atoms with van der Waals surface area (Å²) in [7, 11) is 1.81. The van der Waals surface area contributed by atoms with Crippen LogP contribution in [0.1, 0.15) is 12.0 Å². The molecule has 0 saturated heterocycles. The van der Waals surface area contributed by atoms with Gasteiger partial charge in [0.2, 0.25) is 5.88 Å². The molecule has 0 amide bonds. The Balaban J connectivity index is 2.72. The number of hydrogen-bond donors (Lipinski definition) is 1. The molecule has 0 spiro atoms. The Hall–Kier alpha value is -1.76. The largest absolute Gasteiger partial charge is 0.476 e. The minimum absolute atomic E-state index is 0.484. The highest BCUT2D eigenvalue weighted by atomic mass is 16.5. The number of hydrogen-bond acceptors (Lipinski definition) is 4. The molecule has 0 saturated carbocycles. The zero-order valence-electron chi connectivity index (χ0n) is 8.37. The molecule has 4 heteroatoms. The average molecular weight is 191 g/mol. The van der Waals surface area contributed by atoms with E-state index in [0.29, 0.717) is 18.9 Å². The van der Waals surface area contributed by atoms with Gasteiger partial charge in [0, 0.05) is 13.5 Å². The van der Waals surface area contributed by atoms with Crippen molar-refractivity contribution < 1.29 is 4.74 Å². The van der Waals surface area contributed by atoms with Gasteiger partial charge in [-0.05, 0) is 6.92 Å². The summed E-state index contributed by atoms with van der Waals surface area (Å²) >= 11 is 0. The number of nitrogens with zero attached hydrogens (tertiary/aromatic N) is 2. The van der Waals surface area contributed by atoms with E-state index in [1.165, 1.54) is 6.33 Å². The van der Waals surface area contributed by atoms with Crippen LogP contribution in [0.15, 0.2) is 6.33 Å². The van der Waals surface area contributed by atoms with E-state index < -0.39 is 0 Å². The highest BCUT2D eigenvalue weighted by molar-refractivity contribution is 5.46. The Labute approximate surface area is 83.7 Å². The lowest BCUT2D eigenvalue weighted by atomic mass is 10.3. The van der Waals surface area contributed by atoms with Crippen LogP contribution >= 0.6 is 0 Å². The number of anilines is 1. The molecule has 4 nitrogen and oxygen atoms in total. The monoisotopic (exact) mass is 191 g/mol. The number of ether oxygens (including phenoxy) is 1. The molecule has 1 aromatic rings. The van der Waals surface area contributed by atoms with E-state index >= 15 is 0 Å². The third-order valence-corrected chi connectivity index (χ3v) is 1.76. The SMILES string of the molecule is C#CCCOc1ncnc(NC)c1C. The summed E-state index contributed by atoms with van der Waals surface area (Å²) in [6, 6.07) is 0. The maximum absolute atomic E-state index is 5.39. The Bertz CT molecular complexity index is 344. The fourth-order valence-corrected chi connectivity index (χ4v) is 1.04. The van der Waals surface area contributed by atoms with Crippen molar-refractivity contribution in [3.8, 4) is 18.2 Å². The van der Waals surface area contributed by atoms with Crippen molar-refractivity contribution in [1.29, 1.82) is 0 Å². The van der Waals surface area contributed by atoms with Gasteiger partial charge in [-0.3, -0.25) is 0 Å². The smallest absolute Gasteiger partial charge is 0.221 e. The molecule has 1 heterocycles. The highest BCUT2D eigenvalue weighted by Crippen LogP contribution is 2.19. The minimum atomic E-state index is 0.484. The standard InChI is InChI=1S/C10H13N3O/c1-4-5-6-14-10-8(2)9(11-3)12-7-13-10/h1,7H,5-6H2,2-3H3,(H,11,12,13). The molecular formula is C10H13N3O. The summed E-state index contributed by atoms with van der Waals surface area (Å²) in [6.45, 7) is 2.38. The van der Waals surface area contributed by atoms with E-state index in [0.717, 1.165) is 11.4 Å². The second kappa shape index (κ2) is 5.07. The fraction of sp³-hybridized carbons (Fsp3) is 0.400. The van der Waals surface area contributed by atoms with Gasteiger partial charge in [0.15, 0.2) is 0 Å². The van der Waals surface area contributed by atoms with Crippen LogP contribution in [0.3, 0.4) is 0 Å². The summed E-state index contributed by atoms with van der Waals surface area (Å²) in [5.41, 5.74) is 0.895. The quantitative estimate of drug-likeness (QED) is 0.574. The van der Waals surface area contributed by atoms with Gasteiger partial charge in [-0.15, -0.1) is 12.3 Å². The molecule has 1 aromatic heterocycles. The third kappa shape index (κ3) is 2.36. The Kier molecular flexibility index (Phi) is 3.74. The Morgan fingerprint density at radius 1 is 1.57 bits per heavy atom. The van der Waals surface area contributed by atoms with Crippen LogP contribution in [0, 0.1) is 19.3 Å². The molecule has 0 fully saturated rings. The Morgan fingerprint density at radius 2 is 2.36 bits per heavy atom. The molecular weight excluding hydrogens is 178 g/mol. The lowest BCUT2D eigenvalue weighted by Gasteiger charge is -2.08. The molecule has 1 N–H and O–H groups in total. The van der Waals surface area contributed by atoms with E-state index in [4.69, 9.17) is 11.2 Å². The first-order valence-corrected chi connectivity index (χ1v) is 4.35. The summed E-state index contributed by atoms with van der Waals surface area (Å²) in [5.74, 6) is 3.86. The van der Waals surface area contributed by atoms with Crippen LogP contribution < -0.4 is 10.1 Å². The number of terminal acetylenes is 1. The molecule has 0 aliphatic heterocycles. The predicted molar refractivity (Wildman–Crippen MR) is 55.3 cm³/mol. The van der Waals surface area contributed by atoms with E-state index in [1.807, 2.05) is 6.92 Å². The van der Waals surface area contributed by atoms with Gasteiger partial charge in [-0.1, -0.05) is 0 Å². The van der Waals surface area contributed by atoms with Crippen molar-refractivity contribution in [2.24, 2.45) is 0 Å². The van der Waals surface area contributed by atoms with E-state index in [2.05, 4.69) is 21.2 Å². The summed E-state index contributed by atoms with van der Waals surface area (Å²) in [6.07, 6.45) is 7.16. The summed E-state index contributed by atoms with van der Waals surface area (Å²) in [4.78, 5) is 8.06. The molecule has 14 heavy (non-hydrogen) atoms. The fourth-order valence-electron chi connectivity index (χ4n) is 1.04. The first kappa shape index (κ1) is 10.3. The van der Waals surface area contributed by atoms with Gasteiger partial charge >= 0.3 is 0 Å². The number of rotatable bonds is 4. The van der Waals surface area contributed by atoms with E-state index in [-0.39, 0.29) is 0 Å². The first-order valence-electron chi connectivity index (χ1n) is 4.35. The van der Waals surface area contributed by atoms with Gasteiger partial charge in [-0.25, -0.2) is 9.97 Å². The van der Waals surface area contributed by atoms with Crippen LogP contribution in [0.2, 0.25) is 0 Å². The van der Waals surface area contributed by atoms with Gasteiger partial charge in [0.05, 0.1) is 5.56 Å². The summed E-state index contributed by atoms with van der Waals surface area (Å²) < 4.78 is 5.39. The van der Waals surface area contributed by atoms with Crippen molar-refractivity contribution in [3.63, 3.8) is 0 Å². The van der Waals surface area contributed by atoms with Crippen LogP contribution in [-0.4, -0.2) is 23.6 Å². The van der Waals surface area contributed by atoms with Crippen LogP contribution in [-0.2, 0) is 0 Å². The zero-order valence-corrected chi connectivity index (χ0v) is 8.37. The number of nitrogens with one attached hydrogen (secondary N) is 1. The van der Waals surface area contributed by atoms with Gasteiger partial charge in [-0.2, -0.15) is 0 Å². The van der Waals surface area contributed by atoms with Crippen molar-refractivity contribution in [2.75, 3.05) is 19.0 Å². The van der Waals surface area contributed by atoms with Gasteiger partial charge in [0.25, 0.3) is 0 Å². The molecule has 0 unspecified atom stereocenters. The second-order valence-corrected chi connectivity index (χ2v) is 2.71. The van der Waals surface area contributed by atoms with Crippen molar-refractivity contribution >= 4 is 5.82 Å². The molecule has 0 atom stereocenters. The third-order valence-electron chi connectivity index (χ3n) is 1.76. The molecule has 0 aromatic carbocycles. The Morgan fingerprint density at radius 3 is 3.00 bits per heavy atom. The second-order valence-electron chi connectivity index (χ2n) is 2.71. The van der Waals surface area contributed by atoms with Gasteiger partial charge in [0.1, 0.15) is 18.8 Å². The highest BCUT2D eigenvalue weighted by Gasteiger charge is 2.05.